The number of halogens is 1. The van der Waals surface area contributed by atoms with Crippen molar-refractivity contribution in [2.75, 3.05) is 16.4 Å². The molecule has 2 atom stereocenters. The van der Waals surface area contributed by atoms with Crippen molar-refractivity contribution in [2.45, 2.75) is 24.8 Å². The summed E-state index contributed by atoms with van der Waals surface area (Å²) in [6.45, 7) is 2.06. The molecule has 0 spiro atoms. The Morgan fingerprint density at radius 3 is 2.65 bits per heavy atom. The van der Waals surface area contributed by atoms with Gasteiger partial charge in [-0.3, -0.25) is 4.99 Å². The Morgan fingerprint density at radius 2 is 1.88 bits per heavy atom. The van der Waals surface area contributed by atoms with E-state index < -0.39 is 9.84 Å². The van der Waals surface area contributed by atoms with Crippen molar-refractivity contribution in [2.24, 2.45) is 4.99 Å². The predicted molar refractivity (Wildman–Crippen MR) is 105 cm³/mol. The number of benzene rings is 2. The fourth-order valence-corrected chi connectivity index (χ4v) is 6.51. The zero-order valence-electron chi connectivity index (χ0n) is 14.3. The Labute approximate surface area is 157 Å². The molecule has 0 saturated carbocycles. The third kappa shape index (κ3) is 3.25. The van der Waals surface area contributed by atoms with Crippen LogP contribution in [0.3, 0.4) is 0 Å². The average Bonchev–Trinajstić information content (AvgIpc) is 3.06. The van der Waals surface area contributed by atoms with Crippen LogP contribution in [0.1, 0.15) is 11.1 Å². The van der Waals surface area contributed by atoms with Crippen LogP contribution in [0.5, 0.6) is 0 Å². The SMILES string of the molecule is Cc1ccccc1CSC1=N[C@@H]2CS(=O)(=O)C[C@H]2N1c1ccccc1F. The molecule has 26 heavy (non-hydrogen) atoms. The second-order valence-electron chi connectivity index (χ2n) is 6.66. The van der Waals surface area contributed by atoms with Crippen molar-refractivity contribution in [1.29, 1.82) is 0 Å². The van der Waals surface area contributed by atoms with E-state index in [1.807, 2.05) is 12.1 Å². The van der Waals surface area contributed by atoms with Gasteiger partial charge in [0.05, 0.1) is 29.3 Å². The third-order valence-corrected chi connectivity index (χ3v) is 7.55. The summed E-state index contributed by atoms with van der Waals surface area (Å²) in [4.78, 5) is 6.43. The molecule has 1 saturated heterocycles. The van der Waals surface area contributed by atoms with Gasteiger partial charge in [-0.2, -0.15) is 0 Å². The van der Waals surface area contributed by atoms with Gasteiger partial charge in [0.1, 0.15) is 5.82 Å². The molecule has 136 valence electrons. The molecule has 4 rings (SSSR count). The Kier molecular flexibility index (Phi) is 4.52. The Bertz CT molecular complexity index is 975. The number of hydrogen-bond donors (Lipinski definition) is 0. The molecule has 2 aliphatic heterocycles. The lowest BCUT2D eigenvalue weighted by molar-refractivity contribution is 0.600. The zero-order valence-corrected chi connectivity index (χ0v) is 15.9. The summed E-state index contributed by atoms with van der Waals surface area (Å²) in [6.07, 6.45) is 0. The molecule has 0 radical (unpaired) electrons. The number of aliphatic imine (C=N–C) groups is 1. The molecule has 2 heterocycles. The van der Waals surface area contributed by atoms with Gasteiger partial charge in [-0.1, -0.05) is 48.2 Å². The van der Waals surface area contributed by atoms with E-state index in [2.05, 4.69) is 24.0 Å². The Hall–Kier alpha value is -1.86. The van der Waals surface area contributed by atoms with Gasteiger partial charge in [-0.25, -0.2) is 12.8 Å². The number of anilines is 1. The van der Waals surface area contributed by atoms with Crippen LogP contribution < -0.4 is 4.90 Å². The number of aryl methyl sites for hydroxylation is 1. The van der Waals surface area contributed by atoms with Crippen molar-refractivity contribution in [3.63, 3.8) is 0 Å². The van der Waals surface area contributed by atoms with Crippen molar-refractivity contribution in [1.82, 2.24) is 0 Å². The van der Waals surface area contributed by atoms with Crippen LogP contribution in [0.4, 0.5) is 10.1 Å². The highest BCUT2D eigenvalue weighted by Gasteiger charge is 2.47. The van der Waals surface area contributed by atoms with E-state index in [1.54, 1.807) is 23.1 Å². The second kappa shape index (κ2) is 6.70. The van der Waals surface area contributed by atoms with Crippen LogP contribution in [0, 0.1) is 12.7 Å². The molecule has 0 unspecified atom stereocenters. The first-order valence-electron chi connectivity index (χ1n) is 8.44. The molecule has 0 N–H and O–H groups in total. The summed E-state index contributed by atoms with van der Waals surface area (Å²) in [7, 11) is -3.14. The van der Waals surface area contributed by atoms with Gasteiger partial charge in [-0.05, 0) is 30.2 Å². The van der Waals surface area contributed by atoms with Crippen molar-refractivity contribution >= 4 is 32.5 Å². The molecular formula is C19H19FN2O2S2. The maximum absolute atomic E-state index is 14.4. The smallest absolute Gasteiger partial charge is 0.164 e. The fourth-order valence-electron chi connectivity index (χ4n) is 3.48. The van der Waals surface area contributed by atoms with Crippen molar-refractivity contribution in [3.8, 4) is 0 Å². The minimum atomic E-state index is -3.14. The number of fused-ring (bicyclic) bond motifs is 1. The van der Waals surface area contributed by atoms with E-state index in [0.29, 0.717) is 16.6 Å². The topological polar surface area (TPSA) is 49.7 Å². The highest BCUT2D eigenvalue weighted by atomic mass is 32.2. The van der Waals surface area contributed by atoms with Gasteiger partial charge in [0.15, 0.2) is 15.0 Å². The summed E-state index contributed by atoms with van der Waals surface area (Å²) in [5.74, 6) is 0.408. The fraction of sp³-hybridized carbons (Fsp3) is 0.316. The molecule has 1 fully saturated rings. The van der Waals surface area contributed by atoms with Crippen LogP contribution >= 0.6 is 11.8 Å². The lowest BCUT2D eigenvalue weighted by Gasteiger charge is -2.26. The van der Waals surface area contributed by atoms with Gasteiger partial charge in [0, 0.05) is 5.75 Å². The first kappa shape index (κ1) is 17.5. The monoisotopic (exact) mass is 390 g/mol. The van der Waals surface area contributed by atoms with Gasteiger partial charge >= 0.3 is 0 Å². The van der Waals surface area contributed by atoms with Gasteiger partial charge < -0.3 is 4.90 Å². The van der Waals surface area contributed by atoms with E-state index in [0.717, 1.165) is 0 Å². The second-order valence-corrected chi connectivity index (χ2v) is 9.76. The lowest BCUT2D eigenvalue weighted by atomic mass is 10.1. The normalized spacial score (nSPS) is 23.8. The first-order chi connectivity index (χ1) is 12.4. The Balaban J connectivity index is 1.65. The number of sulfone groups is 1. The number of amidine groups is 1. The van der Waals surface area contributed by atoms with Gasteiger partial charge in [0.25, 0.3) is 0 Å². The minimum absolute atomic E-state index is 0.0178. The summed E-state index contributed by atoms with van der Waals surface area (Å²) in [6, 6.07) is 14.0. The van der Waals surface area contributed by atoms with E-state index in [-0.39, 0.29) is 29.4 Å². The summed E-state index contributed by atoms with van der Waals surface area (Å²) in [5, 5.41) is 0.697. The summed E-state index contributed by atoms with van der Waals surface area (Å²) in [5.41, 5.74) is 2.78. The van der Waals surface area contributed by atoms with E-state index in [4.69, 9.17) is 0 Å². The van der Waals surface area contributed by atoms with E-state index >= 15 is 0 Å². The summed E-state index contributed by atoms with van der Waals surface area (Å²) >= 11 is 1.53. The number of thioether (sulfide) groups is 1. The largest absolute Gasteiger partial charge is 0.312 e. The van der Waals surface area contributed by atoms with E-state index in [9.17, 15) is 12.8 Å². The molecule has 0 bridgehead atoms. The molecule has 2 aliphatic rings. The number of nitrogens with zero attached hydrogens (tertiary/aromatic N) is 2. The van der Waals surface area contributed by atoms with E-state index in [1.165, 1.54) is 29.0 Å². The molecule has 7 heteroatoms. The standard InChI is InChI=1S/C19H19FN2O2S2/c1-13-6-2-3-7-14(13)10-25-19-21-16-11-26(23,24)12-18(16)22(19)17-9-5-4-8-15(17)20/h2-9,16,18H,10-12H2,1H3/t16-,18-/m1/s1. The number of hydrogen-bond acceptors (Lipinski definition) is 5. The quantitative estimate of drug-likeness (QED) is 0.806. The average molecular weight is 391 g/mol. The van der Waals surface area contributed by atoms with Gasteiger partial charge in [0.2, 0.25) is 0 Å². The van der Waals surface area contributed by atoms with Crippen LogP contribution in [0.15, 0.2) is 53.5 Å². The Morgan fingerprint density at radius 1 is 1.15 bits per heavy atom. The molecule has 2 aromatic carbocycles. The first-order valence-corrected chi connectivity index (χ1v) is 11.2. The van der Waals surface area contributed by atoms with Crippen molar-refractivity contribution < 1.29 is 12.8 Å². The van der Waals surface area contributed by atoms with Crippen LogP contribution in [-0.4, -0.2) is 37.2 Å². The maximum atomic E-state index is 14.4. The van der Waals surface area contributed by atoms with Crippen molar-refractivity contribution in [3.05, 3.63) is 65.5 Å². The zero-order chi connectivity index (χ0) is 18.3. The number of rotatable bonds is 3. The molecule has 0 amide bonds. The predicted octanol–water partition coefficient (Wildman–Crippen LogP) is 3.41. The lowest BCUT2D eigenvalue weighted by Crippen LogP contribution is -2.39. The van der Waals surface area contributed by atoms with Gasteiger partial charge in [-0.15, -0.1) is 0 Å². The van der Waals surface area contributed by atoms with Crippen LogP contribution in [0.2, 0.25) is 0 Å². The number of para-hydroxylation sites is 1. The molecule has 4 nitrogen and oxygen atoms in total. The third-order valence-electron chi connectivity index (χ3n) is 4.84. The molecule has 0 aliphatic carbocycles. The molecule has 0 aromatic heterocycles. The van der Waals surface area contributed by atoms with Crippen LogP contribution in [0.25, 0.3) is 0 Å². The highest BCUT2D eigenvalue weighted by molar-refractivity contribution is 8.13. The maximum Gasteiger partial charge on any atom is 0.164 e. The molecular weight excluding hydrogens is 371 g/mol. The highest BCUT2D eigenvalue weighted by Crippen LogP contribution is 2.37. The molecule has 2 aromatic rings. The minimum Gasteiger partial charge on any atom is -0.312 e. The summed E-state index contributed by atoms with van der Waals surface area (Å²) < 4.78 is 38.5. The van der Waals surface area contributed by atoms with Crippen LogP contribution in [-0.2, 0) is 15.6 Å².